The summed E-state index contributed by atoms with van der Waals surface area (Å²) in [4.78, 5) is 45.6. The highest BCUT2D eigenvalue weighted by molar-refractivity contribution is 6.06. The molecule has 20 heavy (non-hydrogen) atoms. The number of likely N-dealkylation sites (tertiary alicyclic amines) is 1. The predicted octanol–water partition coefficient (Wildman–Crippen LogP) is -0.312. The molecule has 0 aromatic heterocycles. The maximum atomic E-state index is 11.5. The number of nitrogens with one attached hydrogen (secondary N) is 2. The van der Waals surface area contributed by atoms with Crippen molar-refractivity contribution in [3.63, 3.8) is 0 Å². The minimum absolute atomic E-state index is 0.0125. The predicted molar refractivity (Wildman–Crippen MR) is 68.8 cm³/mol. The monoisotopic (exact) mass is 285 g/mol. The first-order valence-electron chi connectivity index (χ1n) is 6.48. The molecule has 4 amide bonds. The van der Waals surface area contributed by atoms with Crippen molar-refractivity contribution in [3.8, 4) is 0 Å². The number of carboxylic acid groups (broad SMARTS) is 1. The Morgan fingerprint density at radius 2 is 2.00 bits per heavy atom. The van der Waals surface area contributed by atoms with Crippen LogP contribution in [0.5, 0.6) is 0 Å². The number of carbonyl (C=O) groups is 4. The van der Waals surface area contributed by atoms with Crippen molar-refractivity contribution < 1.29 is 24.3 Å². The molecule has 112 valence electrons. The van der Waals surface area contributed by atoms with Crippen molar-refractivity contribution in [2.75, 3.05) is 13.6 Å². The summed E-state index contributed by atoms with van der Waals surface area (Å²) in [5.74, 6) is -1.55. The highest BCUT2D eigenvalue weighted by atomic mass is 16.4. The molecule has 0 aromatic rings. The van der Waals surface area contributed by atoms with Crippen molar-refractivity contribution in [2.45, 2.75) is 38.1 Å². The Bertz CT molecular complexity index is 410. The summed E-state index contributed by atoms with van der Waals surface area (Å²) in [6.45, 7) is 0.399. The van der Waals surface area contributed by atoms with E-state index in [1.165, 1.54) is 7.05 Å². The number of carboxylic acids is 1. The molecule has 8 heteroatoms. The molecule has 1 rings (SSSR count). The van der Waals surface area contributed by atoms with Crippen LogP contribution in [0.4, 0.5) is 4.79 Å². The quantitative estimate of drug-likeness (QED) is 0.438. The Morgan fingerprint density at radius 1 is 1.30 bits per heavy atom. The molecular weight excluding hydrogens is 266 g/mol. The van der Waals surface area contributed by atoms with E-state index in [4.69, 9.17) is 5.11 Å². The molecule has 1 fully saturated rings. The molecule has 0 aliphatic carbocycles. The van der Waals surface area contributed by atoms with E-state index in [1.807, 2.05) is 0 Å². The first-order chi connectivity index (χ1) is 9.41. The minimum Gasteiger partial charge on any atom is -0.481 e. The molecule has 1 atom stereocenters. The van der Waals surface area contributed by atoms with E-state index in [-0.39, 0.29) is 18.7 Å². The lowest BCUT2D eigenvalue weighted by Gasteiger charge is -2.12. The summed E-state index contributed by atoms with van der Waals surface area (Å²) >= 11 is 0. The van der Waals surface area contributed by atoms with Crippen molar-refractivity contribution in [2.24, 2.45) is 0 Å². The Hall–Kier alpha value is -2.12. The normalized spacial score (nSPS) is 18.2. The van der Waals surface area contributed by atoms with E-state index in [9.17, 15) is 19.2 Å². The summed E-state index contributed by atoms with van der Waals surface area (Å²) < 4.78 is 0. The van der Waals surface area contributed by atoms with Crippen LogP contribution < -0.4 is 10.6 Å². The number of unbranched alkanes of at least 4 members (excludes halogenated alkanes) is 2. The number of carbonyl (C=O) groups excluding carboxylic acids is 3. The lowest BCUT2D eigenvalue weighted by Crippen LogP contribution is -2.45. The Labute approximate surface area is 116 Å². The van der Waals surface area contributed by atoms with Gasteiger partial charge >= 0.3 is 12.0 Å². The van der Waals surface area contributed by atoms with Gasteiger partial charge in [-0.25, -0.2) is 4.79 Å². The molecule has 0 aromatic carbocycles. The molecule has 1 saturated heterocycles. The van der Waals surface area contributed by atoms with E-state index in [1.54, 1.807) is 0 Å². The minimum atomic E-state index is -0.829. The molecule has 1 aliphatic rings. The van der Waals surface area contributed by atoms with Crippen LogP contribution in [0.1, 0.15) is 32.1 Å². The van der Waals surface area contributed by atoms with E-state index >= 15 is 0 Å². The fourth-order valence-electron chi connectivity index (χ4n) is 1.86. The summed E-state index contributed by atoms with van der Waals surface area (Å²) in [5.41, 5.74) is 0. The van der Waals surface area contributed by atoms with Crippen LogP contribution >= 0.6 is 0 Å². The van der Waals surface area contributed by atoms with Crippen molar-refractivity contribution in [1.29, 1.82) is 0 Å². The molecule has 1 heterocycles. The lowest BCUT2D eigenvalue weighted by molar-refractivity contribution is -0.138. The third kappa shape index (κ3) is 4.87. The number of imide groups is 1. The topological polar surface area (TPSA) is 116 Å². The number of amides is 4. The molecule has 1 unspecified atom stereocenters. The van der Waals surface area contributed by atoms with Crippen LogP contribution in [0, 0.1) is 0 Å². The van der Waals surface area contributed by atoms with Gasteiger partial charge in [0.2, 0.25) is 5.91 Å². The fraction of sp³-hybridized carbons (Fsp3) is 0.667. The molecule has 1 aliphatic heterocycles. The van der Waals surface area contributed by atoms with Gasteiger partial charge in [-0.1, -0.05) is 6.42 Å². The van der Waals surface area contributed by atoms with Crippen LogP contribution in [0.25, 0.3) is 0 Å². The van der Waals surface area contributed by atoms with Gasteiger partial charge in [-0.2, -0.15) is 0 Å². The average Bonchev–Trinajstić information content (AvgIpc) is 2.61. The largest absolute Gasteiger partial charge is 0.481 e. The van der Waals surface area contributed by atoms with Gasteiger partial charge in [-0.05, 0) is 12.8 Å². The van der Waals surface area contributed by atoms with Gasteiger partial charge in [0.15, 0.2) is 0 Å². The Balaban J connectivity index is 2.13. The number of hydrogen-bond acceptors (Lipinski definition) is 4. The van der Waals surface area contributed by atoms with Gasteiger partial charge in [-0.3, -0.25) is 19.3 Å². The van der Waals surface area contributed by atoms with Crippen LogP contribution in [-0.4, -0.2) is 53.5 Å². The van der Waals surface area contributed by atoms with Gasteiger partial charge in [0, 0.05) is 20.0 Å². The highest BCUT2D eigenvalue weighted by Crippen LogP contribution is 2.10. The zero-order valence-electron chi connectivity index (χ0n) is 11.3. The lowest BCUT2D eigenvalue weighted by atomic mass is 10.2. The zero-order valence-corrected chi connectivity index (χ0v) is 11.3. The van der Waals surface area contributed by atoms with Gasteiger partial charge in [0.1, 0.15) is 6.04 Å². The van der Waals surface area contributed by atoms with Crippen molar-refractivity contribution in [1.82, 2.24) is 15.5 Å². The Morgan fingerprint density at radius 3 is 2.55 bits per heavy atom. The van der Waals surface area contributed by atoms with Crippen molar-refractivity contribution in [3.05, 3.63) is 0 Å². The molecule has 0 bridgehead atoms. The van der Waals surface area contributed by atoms with E-state index < -0.39 is 23.9 Å². The van der Waals surface area contributed by atoms with Crippen LogP contribution in [0.15, 0.2) is 0 Å². The molecule has 0 saturated carbocycles. The second kappa shape index (κ2) is 7.46. The first kappa shape index (κ1) is 15.9. The first-order valence-corrected chi connectivity index (χ1v) is 6.48. The second-order valence-electron chi connectivity index (χ2n) is 4.65. The highest BCUT2D eigenvalue weighted by Gasteiger charge is 2.36. The number of hydrogen-bond donors (Lipinski definition) is 3. The van der Waals surface area contributed by atoms with Gasteiger partial charge in [0.05, 0.1) is 6.42 Å². The standard InChI is InChI=1S/C12H19N3O5/c1-15-9(16)7-8(11(15)19)14-12(20)13-6-4-2-3-5-10(17)18/h8H,2-7H2,1H3,(H,17,18)(H2,13,14,20). The Kier molecular flexibility index (Phi) is 5.95. The average molecular weight is 285 g/mol. The molecule has 3 N–H and O–H groups in total. The summed E-state index contributed by atoms with van der Waals surface area (Å²) in [6, 6.07) is -1.29. The van der Waals surface area contributed by atoms with Crippen LogP contribution in [-0.2, 0) is 14.4 Å². The van der Waals surface area contributed by atoms with Crippen molar-refractivity contribution >= 4 is 23.8 Å². The molecule has 0 radical (unpaired) electrons. The third-order valence-corrected chi connectivity index (χ3v) is 3.04. The van der Waals surface area contributed by atoms with Crippen LogP contribution in [0.3, 0.4) is 0 Å². The van der Waals surface area contributed by atoms with Gasteiger partial charge in [0.25, 0.3) is 5.91 Å². The zero-order chi connectivity index (χ0) is 15.1. The number of nitrogens with zero attached hydrogens (tertiary/aromatic N) is 1. The number of aliphatic carboxylic acids is 1. The fourth-order valence-corrected chi connectivity index (χ4v) is 1.86. The van der Waals surface area contributed by atoms with E-state index in [2.05, 4.69) is 10.6 Å². The van der Waals surface area contributed by atoms with Gasteiger partial charge in [-0.15, -0.1) is 0 Å². The van der Waals surface area contributed by atoms with E-state index in [0.29, 0.717) is 25.8 Å². The summed E-state index contributed by atoms with van der Waals surface area (Å²) in [5, 5.41) is 13.5. The summed E-state index contributed by atoms with van der Waals surface area (Å²) in [7, 11) is 1.38. The SMILES string of the molecule is CN1C(=O)CC(NC(=O)NCCCCCC(=O)O)C1=O. The molecule has 0 spiro atoms. The molecular formula is C12H19N3O5. The number of urea groups is 1. The smallest absolute Gasteiger partial charge is 0.315 e. The third-order valence-electron chi connectivity index (χ3n) is 3.04. The summed E-state index contributed by atoms with van der Waals surface area (Å²) in [6.07, 6.45) is 2.05. The maximum Gasteiger partial charge on any atom is 0.315 e. The second-order valence-corrected chi connectivity index (χ2v) is 4.65. The molecule has 8 nitrogen and oxygen atoms in total. The number of likely N-dealkylation sites (N-methyl/N-ethyl adjacent to an activating group) is 1. The maximum absolute atomic E-state index is 11.5. The van der Waals surface area contributed by atoms with Gasteiger partial charge < -0.3 is 15.7 Å². The van der Waals surface area contributed by atoms with Crippen LogP contribution in [0.2, 0.25) is 0 Å². The number of rotatable bonds is 7. The van der Waals surface area contributed by atoms with E-state index in [0.717, 1.165) is 4.90 Å².